The van der Waals surface area contributed by atoms with Crippen molar-refractivity contribution >= 4 is 28.3 Å². The summed E-state index contributed by atoms with van der Waals surface area (Å²) in [5, 5.41) is 5.02. The van der Waals surface area contributed by atoms with Crippen LogP contribution in [0, 0.1) is 0 Å². The first-order valence-electron chi connectivity index (χ1n) is 7.90. The quantitative estimate of drug-likeness (QED) is 0.901. The summed E-state index contributed by atoms with van der Waals surface area (Å²) in [6, 6.07) is 7.59. The number of nitrogens with zero attached hydrogens (tertiary/aromatic N) is 2. The Morgan fingerprint density at radius 2 is 1.88 bits per heavy atom. The summed E-state index contributed by atoms with van der Waals surface area (Å²) in [4.78, 5) is 30.2. The van der Waals surface area contributed by atoms with Gasteiger partial charge >= 0.3 is 0 Å². The Hall–Kier alpha value is -2.21. The predicted molar refractivity (Wildman–Crippen MR) is 97.5 cm³/mol. The van der Waals surface area contributed by atoms with E-state index in [9.17, 15) is 9.59 Å². The maximum absolute atomic E-state index is 12.6. The van der Waals surface area contributed by atoms with Crippen molar-refractivity contribution < 1.29 is 9.59 Å². The fourth-order valence-electron chi connectivity index (χ4n) is 2.24. The van der Waals surface area contributed by atoms with Gasteiger partial charge in [0.05, 0.1) is 0 Å². The Morgan fingerprint density at radius 3 is 2.38 bits per heavy atom. The molecule has 0 saturated heterocycles. The van der Waals surface area contributed by atoms with E-state index in [4.69, 9.17) is 0 Å². The van der Waals surface area contributed by atoms with Crippen molar-refractivity contribution in [2.24, 2.45) is 0 Å². The van der Waals surface area contributed by atoms with Crippen LogP contribution in [0.4, 0.5) is 5.13 Å². The van der Waals surface area contributed by atoms with Crippen molar-refractivity contribution in [1.82, 2.24) is 9.88 Å². The van der Waals surface area contributed by atoms with Crippen LogP contribution in [0.1, 0.15) is 43.6 Å². The third kappa shape index (κ3) is 4.64. The summed E-state index contributed by atoms with van der Waals surface area (Å²) in [6.07, 6.45) is 1.62. The number of rotatable bonds is 5. The monoisotopic (exact) mass is 345 g/mol. The molecule has 0 fully saturated rings. The molecule has 0 spiro atoms. The van der Waals surface area contributed by atoms with Gasteiger partial charge in [-0.15, -0.1) is 11.3 Å². The smallest absolute Gasteiger partial charge is 0.254 e. The summed E-state index contributed by atoms with van der Waals surface area (Å²) in [6.45, 7) is 8.72. The molecule has 0 atom stereocenters. The lowest BCUT2D eigenvalue weighted by Crippen LogP contribution is -2.37. The third-order valence-electron chi connectivity index (χ3n) is 3.68. The van der Waals surface area contributed by atoms with Crippen LogP contribution in [0.25, 0.3) is 0 Å². The molecule has 0 bridgehead atoms. The first kappa shape index (κ1) is 18.1. The minimum Gasteiger partial charge on any atom is -0.330 e. The van der Waals surface area contributed by atoms with Crippen LogP contribution in [0.5, 0.6) is 0 Å². The molecule has 128 valence electrons. The van der Waals surface area contributed by atoms with Crippen LogP contribution in [0.15, 0.2) is 35.8 Å². The second-order valence-electron chi connectivity index (χ2n) is 6.53. The van der Waals surface area contributed by atoms with Gasteiger partial charge in [0.15, 0.2) is 5.13 Å². The Kier molecular flexibility index (Phi) is 5.72. The van der Waals surface area contributed by atoms with Gasteiger partial charge < -0.3 is 10.2 Å². The molecule has 1 aromatic carbocycles. The van der Waals surface area contributed by atoms with Gasteiger partial charge in [-0.2, -0.15) is 0 Å². The number of carbonyl (C=O) groups is 2. The van der Waals surface area contributed by atoms with Crippen molar-refractivity contribution in [3.8, 4) is 0 Å². The maximum atomic E-state index is 12.6. The highest BCUT2D eigenvalue weighted by molar-refractivity contribution is 7.13. The number of thiazole rings is 1. The minimum atomic E-state index is -0.244. The number of hydrogen-bond acceptors (Lipinski definition) is 4. The number of carbonyl (C=O) groups excluding carboxylic acids is 2. The molecule has 0 aliphatic carbocycles. The molecule has 0 saturated carbocycles. The molecule has 5 nitrogen and oxygen atoms in total. The highest BCUT2D eigenvalue weighted by Crippen LogP contribution is 2.22. The molecular formula is C18H23N3O2S. The number of likely N-dealkylation sites (N-methyl/N-ethyl adjacent to an activating group) is 1. The number of amides is 2. The first-order chi connectivity index (χ1) is 11.3. The van der Waals surface area contributed by atoms with Gasteiger partial charge in [-0.1, -0.05) is 32.9 Å². The zero-order valence-electron chi connectivity index (χ0n) is 14.5. The summed E-state index contributed by atoms with van der Waals surface area (Å²) in [5.41, 5.74) is 1.80. The van der Waals surface area contributed by atoms with E-state index in [1.165, 1.54) is 21.8 Å². The van der Waals surface area contributed by atoms with Crippen LogP contribution in [0.3, 0.4) is 0 Å². The van der Waals surface area contributed by atoms with E-state index in [0.717, 1.165) is 0 Å². The third-order valence-corrected chi connectivity index (χ3v) is 4.37. The van der Waals surface area contributed by atoms with Gasteiger partial charge in [-0.25, -0.2) is 4.98 Å². The predicted octanol–water partition coefficient (Wildman–Crippen LogP) is 3.54. The van der Waals surface area contributed by atoms with E-state index in [0.29, 0.717) is 17.2 Å². The molecule has 0 aliphatic heterocycles. The van der Waals surface area contributed by atoms with Gasteiger partial charge in [0.25, 0.3) is 5.91 Å². The van der Waals surface area contributed by atoms with E-state index in [1.807, 2.05) is 31.2 Å². The normalized spacial score (nSPS) is 11.2. The number of anilines is 1. The SMILES string of the molecule is CCN(CC(=O)Nc1nccs1)C(=O)c1ccc(C(C)(C)C)cc1. The Labute approximate surface area is 146 Å². The molecule has 24 heavy (non-hydrogen) atoms. The van der Waals surface area contributed by atoms with Crippen LogP contribution in [-0.4, -0.2) is 34.8 Å². The molecular weight excluding hydrogens is 322 g/mol. The molecule has 0 unspecified atom stereocenters. The second-order valence-corrected chi connectivity index (χ2v) is 7.43. The van der Waals surface area contributed by atoms with Gasteiger partial charge in [-0.05, 0) is 30.0 Å². The second kappa shape index (κ2) is 7.57. The fourth-order valence-corrected chi connectivity index (χ4v) is 2.79. The molecule has 2 aromatic rings. The lowest BCUT2D eigenvalue weighted by Gasteiger charge is -2.22. The van der Waals surface area contributed by atoms with Crippen molar-refractivity contribution in [3.63, 3.8) is 0 Å². The molecule has 0 aliphatic rings. The Balaban J connectivity index is 2.04. The Bertz CT molecular complexity index is 688. The molecule has 1 aromatic heterocycles. The van der Waals surface area contributed by atoms with Gasteiger partial charge in [-0.3, -0.25) is 9.59 Å². The molecule has 1 N–H and O–H groups in total. The van der Waals surface area contributed by atoms with Crippen LogP contribution in [-0.2, 0) is 10.2 Å². The molecule has 0 radical (unpaired) electrons. The Morgan fingerprint density at radius 1 is 1.21 bits per heavy atom. The van der Waals surface area contributed by atoms with E-state index < -0.39 is 0 Å². The van der Waals surface area contributed by atoms with Gasteiger partial charge in [0.1, 0.15) is 6.54 Å². The van der Waals surface area contributed by atoms with Crippen LogP contribution < -0.4 is 5.32 Å². The summed E-state index contributed by atoms with van der Waals surface area (Å²) >= 11 is 1.35. The van der Waals surface area contributed by atoms with E-state index in [-0.39, 0.29) is 23.8 Å². The van der Waals surface area contributed by atoms with Crippen molar-refractivity contribution in [2.45, 2.75) is 33.1 Å². The number of nitrogens with one attached hydrogen (secondary N) is 1. The summed E-state index contributed by atoms with van der Waals surface area (Å²) < 4.78 is 0. The zero-order valence-corrected chi connectivity index (χ0v) is 15.3. The zero-order chi connectivity index (χ0) is 17.7. The maximum Gasteiger partial charge on any atom is 0.254 e. The van der Waals surface area contributed by atoms with Crippen molar-refractivity contribution in [3.05, 3.63) is 47.0 Å². The number of aromatic nitrogens is 1. The summed E-state index contributed by atoms with van der Waals surface area (Å²) in [7, 11) is 0. The summed E-state index contributed by atoms with van der Waals surface area (Å²) in [5.74, 6) is -0.390. The van der Waals surface area contributed by atoms with Crippen molar-refractivity contribution in [1.29, 1.82) is 0 Å². The van der Waals surface area contributed by atoms with E-state index >= 15 is 0 Å². The number of benzene rings is 1. The van der Waals surface area contributed by atoms with Crippen LogP contribution in [0.2, 0.25) is 0 Å². The van der Waals surface area contributed by atoms with E-state index in [2.05, 4.69) is 31.1 Å². The molecule has 2 rings (SSSR count). The highest BCUT2D eigenvalue weighted by Gasteiger charge is 2.19. The first-order valence-corrected chi connectivity index (χ1v) is 8.78. The molecule has 1 heterocycles. The average molecular weight is 345 g/mol. The number of hydrogen-bond donors (Lipinski definition) is 1. The van der Waals surface area contributed by atoms with E-state index in [1.54, 1.807) is 11.6 Å². The highest BCUT2D eigenvalue weighted by atomic mass is 32.1. The molecule has 6 heteroatoms. The van der Waals surface area contributed by atoms with Crippen molar-refractivity contribution in [2.75, 3.05) is 18.4 Å². The lowest BCUT2D eigenvalue weighted by atomic mass is 9.86. The lowest BCUT2D eigenvalue weighted by molar-refractivity contribution is -0.116. The standard InChI is InChI=1S/C18H23N3O2S/c1-5-21(12-15(22)20-17-19-10-11-24-17)16(23)13-6-8-14(9-7-13)18(2,3)4/h6-11H,5,12H2,1-4H3,(H,19,20,22). The van der Waals surface area contributed by atoms with Gasteiger partial charge in [0.2, 0.25) is 5.91 Å². The average Bonchev–Trinajstić information content (AvgIpc) is 3.04. The van der Waals surface area contributed by atoms with Gasteiger partial charge in [0, 0.05) is 23.7 Å². The fraction of sp³-hybridized carbons (Fsp3) is 0.389. The largest absolute Gasteiger partial charge is 0.330 e. The topological polar surface area (TPSA) is 62.3 Å². The molecule has 2 amide bonds. The van der Waals surface area contributed by atoms with Crippen LogP contribution >= 0.6 is 11.3 Å². The minimum absolute atomic E-state index is 0.00986.